The van der Waals surface area contributed by atoms with Gasteiger partial charge in [0.1, 0.15) is 11.9 Å². The fourth-order valence-corrected chi connectivity index (χ4v) is 3.99. The molecule has 0 amide bonds. The lowest BCUT2D eigenvalue weighted by atomic mass is 10.0. The van der Waals surface area contributed by atoms with E-state index in [0.717, 1.165) is 32.2 Å². The van der Waals surface area contributed by atoms with Gasteiger partial charge in [0.15, 0.2) is 0 Å². The van der Waals surface area contributed by atoms with Crippen LogP contribution in [0.2, 0.25) is 5.02 Å². The molecule has 0 bridgehead atoms. The summed E-state index contributed by atoms with van der Waals surface area (Å²) in [6.45, 7) is 0.666. The molecule has 2 aromatic rings. The van der Waals surface area contributed by atoms with E-state index in [1.54, 1.807) is 6.20 Å². The zero-order valence-corrected chi connectivity index (χ0v) is 14.9. The first-order valence-corrected chi connectivity index (χ1v) is 8.44. The van der Waals surface area contributed by atoms with Crippen molar-refractivity contribution < 1.29 is 9.84 Å². The quantitative estimate of drug-likeness (QED) is 0.777. The lowest BCUT2D eigenvalue weighted by Gasteiger charge is -2.15. The van der Waals surface area contributed by atoms with Crippen molar-refractivity contribution in [1.29, 1.82) is 0 Å². The van der Waals surface area contributed by atoms with E-state index in [4.69, 9.17) is 16.3 Å². The summed E-state index contributed by atoms with van der Waals surface area (Å²) < 4.78 is 7.29. The topological polar surface area (TPSA) is 42.4 Å². The SMILES string of the molecule is OC(Cc1cc(Cl)cc2c1OCC2)c1ncc(Br)cc1Br. The maximum atomic E-state index is 10.5. The van der Waals surface area contributed by atoms with Gasteiger partial charge in [0.2, 0.25) is 0 Å². The molecule has 1 unspecified atom stereocenters. The number of rotatable bonds is 3. The molecule has 0 spiro atoms. The highest BCUT2D eigenvalue weighted by Crippen LogP contribution is 2.36. The lowest BCUT2D eigenvalue weighted by Crippen LogP contribution is -2.06. The number of benzene rings is 1. The fraction of sp³-hybridized carbons (Fsp3) is 0.267. The number of nitrogens with zero attached hydrogens (tertiary/aromatic N) is 1. The second-order valence-corrected chi connectivity index (χ2v) is 7.10. The normalized spacial score (nSPS) is 14.7. The van der Waals surface area contributed by atoms with Crippen molar-refractivity contribution in [3.05, 3.63) is 55.2 Å². The summed E-state index contributed by atoms with van der Waals surface area (Å²) >= 11 is 12.9. The molecular weight excluding hydrogens is 421 g/mol. The zero-order valence-electron chi connectivity index (χ0n) is 10.9. The Morgan fingerprint density at radius 1 is 1.33 bits per heavy atom. The first kappa shape index (κ1) is 15.3. The van der Waals surface area contributed by atoms with Gasteiger partial charge in [-0.05, 0) is 61.2 Å². The number of ether oxygens (including phenoxy) is 1. The highest BCUT2D eigenvalue weighted by Gasteiger charge is 2.21. The minimum atomic E-state index is -0.723. The third-order valence-corrected chi connectivity index (χ3v) is 4.68. The van der Waals surface area contributed by atoms with Crippen LogP contribution in [0.3, 0.4) is 0 Å². The van der Waals surface area contributed by atoms with Gasteiger partial charge in [-0.15, -0.1) is 0 Å². The highest BCUT2D eigenvalue weighted by molar-refractivity contribution is 9.11. The maximum Gasteiger partial charge on any atom is 0.126 e. The molecule has 0 saturated carbocycles. The molecule has 0 saturated heterocycles. The molecule has 1 atom stereocenters. The van der Waals surface area contributed by atoms with Crippen molar-refractivity contribution in [2.75, 3.05) is 6.61 Å². The molecule has 1 aromatic heterocycles. The Balaban J connectivity index is 1.90. The summed E-state index contributed by atoms with van der Waals surface area (Å²) in [5, 5.41) is 11.1. The van der Waals surface area contributed by atoms with Crippen molar-refractivity contribution >= 4 is 43.5 Å². The number of aromatic nitrogens is 1. The molecule has 21 heavy (non-hydrogen) atoms. The Hall–Kier alpha value is -0.620. The molecule has 0 aliphatic carbocycles. The second kappa shape index (κ2) is 6.24. The van der Waals surface area contributed by atoms with E-state index < -0.39 is 6.10 Å². The molecule has 2 heterocycles. The largest absolute Gasteiger partial charge is 0.493 e. The average Bonchev–Trinajstić information content (AvgIpc) is 2.86. The number of aliphatic hydroxyl groups excluding tert-OH is 1. The minimum absolute atomic E-state index is 0.413. The summed E-state index contributed by atoms with van der Waals surface area (Å²) in [5.41, 5.74) is 2.62. The van der Waals surface area contributed by atoms with E-state index in [-0.39, 0.29) is 0 Å². The Morgan fingerprint density at radius 3 is 2.90 bits per heavy atom. The molecule has 1 N–H and O–H groups in total. The molecular formula is C15H12Br2ClNO2. The van der Waals surface area contributed by atoms with E-state index in [1.807, 2.05) is 18.2 Å². The van der Waals surface area contributed by atoms with Crippen LogP contribution >= 0.6 is 43.5 Å². The maximum absolute atomic E-state index is 10.5. The van der Waals surface area contributed by atoms with Crippen LogP contribution in [0.25, 0.3) is 0 Å². The van der Waals surface area contributed by atoms with Gasteiger partial charge in [-0.2, -0.15) is 0 Å². The third kappa shape index (κ3) is 3.26. The zero-order chi connectivity index (χ0) is 15.0. The Kier molecular flexibility index (Phi) is 4.54. The molecule has 6 heteroatoms. The molecule has 110 valence electrons. The molecule has 1 aliphatic rings. The molecule has 0 radical (unpaired) electrons. The van der Waals surface area contributed by atoms with Crippen LogP contribution in [0.5, 0.6) is 5.75 Å². The smallest absolute Gasteiger partial charge is 0.126 e. The van der Waals surface area contributed by atoms with Gasteiger partial charge < -0.3 is 9.84 Å². The van der Waals surface area contributed by atoms with Crippen LogP contribution < -0.4 is 4.74 Å². The van der Waals surface area contributed by atoms with E-state index >= 15 is 0 Å². The number of hydrogen-bond donors (Lipinski definition) is 1. The monoisotopic (exact) mass is 431 g/mol. The van der Waals surface area contributed by atoms with Crippen molar-refractivity contribution in [2.45, 2.75) is 18.9 Å². The Labute approximate surface area is 144 Å². The summed E-state index contributed by atoms with van der Waals surface area (Å²) in [6.07, 6.45) is 2.22. The number of hydrogen-bond acceptors (Lipinski definition) is 3. The second-order valence-electron chi connectivity index (χ2n) is 4.89. The van der Waals surface area contributed by atoms with Gasteiger partial charge in [0.25, 0.3) is 0 Å². The summed E-state index contributed by atoms with van der Waals surface area (Å²) in [6, 6.07) is 5.64. The van der Waals surface area contributed by atoms with Gasteiger partial charge >= 0.3 is 0 Å². The highest BCUT2D eigenvalue weighted by atomic mass is 79.9. The van der Waals surface area contributed by atoms with Crippen LogP contribution in [0, 0.1) is 0 Å². The van der Waals surface area contributed by atoms with Crippen molar-refractivity contribution in [2.24, 2.45) is 0 Å². The van der Waals surface area contributed by atoms with Crippen LogP contribution in [-0.4, -0.2) is 16.7 Å². The number of fused-ring (bicyclic) bond motifs is 1. The minimum Gasteiger partial charge on any atom is -0.493 e. The van der Waals surface area contributed by atoms with Crippen molar-refractivity contribution in [3.8, 4) is 5.75 Å². The van der Waals surface area contributed by atoms with Crippen molar-refractivity contribution in [1.82, 2.24) is 4.98 Å². The third-order valence-electron chi connectivity index (χ3n) is 3.39. The van der Waals surface area contributed by atoms with Crippen LogP contribution in [0.1, 0.15) is 22.9 Å². The van der Waals surface area contributed by atoms with Crippen LogP contribution in [0.4, 0.5) is 0 Å². The van der Waals surface area contributed by atoms with Gasteiger partial charge in [-0.25, -0.2) is 0 Å². The number of aliphatic hydroxyl groups is 1. The van der Waals surface area contributed by atoms with E-state index in [0.29, 0.717) is 23.7 Å². The van der Waals surface area contributed by atoms with E-state index in [2.05, 4.69) is 36.8 Å². The lowest BCUT2D eigenvalue weighted by molar-refractivity contribution is 0.171. The molecule has 3 rings (SSSR count). The van der Waals surface area contributed by atoms with Crippen molar-refractivity contribution in [3.63, 3.8) is 0 Å². The molecule has 1 aromatic carbocycles. The molecule has 1 aliphatic heterocycles. The predicted molar refractivity (Wildman–Crippen MR) is 89.0 cm³/mol. The molecule has 3 nitrogen and oxygen atoms in total. The van der Waals surface area contributed by atoms with E-state index in [9.17, 15) is 5.11 Å². The Morgan fingerprint density at radius 2 is 2.14 bits per heavy atom. The first-order chi connectivity index (χ1) is 10.0. The van der Waals surface area contributed by atoms with Crippen LogP contribution in [0.15, 0.2) is 33.3 Å². The standard InChI is InChI=1S/C15H12Br2ClNO2/c16-10-6-12(17)14(19-7-10)13(20)5-9-4-11(18)3-8-1-2-21-15(8)9/h3-4,6-7,13,20H,1-2,5H2. The summed E-state index contributed by atoms with van der Waals surface area (Å²) in [7, 11) is 0. The number of halogens is 3. The Bertz CT molecular complexity index is 694. The summed E-state index contributed by atoms with van der Waals surface area (Å²) in [4.78, 5) is 4.27. The van der Waals surface area contributed by atoms with Gasteiger partial charge in [0.05, 0.1) is 12.3 Å². The van der Waals surface area contributed by atoms with E-state index in [1.165, 1.54) is 0 Å². The summed E-state index contributed by atoms with van der Waals surface area (Å²) in [5.74, 6) is 0.853. The average molecular weight is 434 g/mol. The van der Waals surface area contributed by atoms with Gasteiger partial charge in [0, 0.05) is 33.0 Å². The predicted octanol–water partition coefficient (Wildman–Crippen LogP) is 4.47. The fourth-order valence-electron chi connectivity index (χ4n) is 2.47. The number of pyridine rings is 1. The van der Waals surface area contributed by atoms with Gasteiger partial charge in [-0.1, -0.05) is 11.6 Å². The van der Waals surface area contributed by atoms with Gasteiger partial charge in [-0.3, -0.25) is 4.98 Å². The first-order valence-electron chi connectivity index (χ1n) is 6.47. The molecule has 0 fully saturated rings. The van der Waals surface area contributed by atoms with Crippen LogP contribution in [-0.2, 0) is 12.8 Å².